The Balaban J connectivity index is 2.19. The first-order valence-electron chi connectivity index (χ1n) is 18.5. The summed E-state index contributed by atoms with van der Waals surface area (Å²) in [5.74, 6) is -1.06. The first-order chi connectivity index (χ1) is 23.6. The molecular weight excluding hydrogens is 636 g/mol. The molecule has 0 aromatic heterocycles. The van der Waals surface area contributed by atoms with E-state index in [0.717, 1.165) is 18.4 Å². The number of methoxy groups -OCH3 is 2. The molecule has 11 heteroatoms. The quantitative estimate of drug-likeness (QED) is 0.171. The van der Waals surface area contributed by atoms with Crippen LogP contribution in [0.15, 0.2) is 24.3 Å². The molecule has 1 fully saturated rings. The highest BCUT2D eigenvalue weighted by molar-refractivity contribution is 5.90. The van der Waals surface area contributed by atoms with Gasteiger partial charge in [0.1, 0.15) is 5.75 Å². The van der Waals surface area contributed by atoms with Crippen LogP contribution < -0.4 is 10.6 Å². The van der Waals surface area contributed by atoms with Crippen molar-refractivity contribution in [2.24, 2.45) is 29.6 Å². The molecule has 0 bridgehead atoms. The van der Waals surface area contributed by atoms with Gasteiger partial charge in [0, 0.05) is 46.7 Å². The van der Waals surface area contributed by atoms with Crippen molar-refractivity contribution in [2.75, 3.05) is 41.4 Å². The normalized spacial score (nSPS) is 19.1. The molecule has 1 aromatic rings. The second-order valence-corrected chi connectivity index (χ2v) is 14.8. The molecule has 1 aliphatic rings. The molecule has 0 radical (unpaired) electrons. The summed E-state index contributed by atoms with van der Waals surface area (Å²) < 4.78 is 11.9. The van der Waals surface area contributed by atoms with Crippen LogP contribution in [0.2, 0.25) is 0 Å². The van der Waals surface area contributed by atoms with E-state index < -0.39 is 24.0 Å². The summed E-state index contributed by atoms with van der Waals surface area (Å²) in [6.45, 7) is 14.9. The number of Topliss-reactive ketones (excluding diaryl/α,β-unsaturated/α-hetero) is 1. The lowest BCUT2D eigenvalue weighted by Crippen LogP contribution is -2.54. The zero-order valence-corrected chi connectivity index (χ0v) is 32.5. The Kier molecular flexibility index (Phi) is 17.9. The number of nitrogens with zero attached hydrogens (tertiary/aromatic N) is 2. The van der Waals surface area contributed by atoms with Crippen molar-refractivity contribution in [1.29, 1.82) is 0 Å². The number of ether oxygens (including phenoxy) is 2. The number of nitrogens with one attached hydrogen (secondary N) is 2. The van der Waals surface area contributed by atoms with Gasteiger partial charge in [-0.3, -0.25) is 19.2 Å². The molecule has 11 nitrogen and oxygen atoms in total. The summed E-state index contributed by atoms with van der Waals surface area (Å²) in [6.07, 6.45) is 2.06. The Morgan fingerprint density at radius 3 is 2.14 bits per heavy atom. The van der Waals surface area contributed by atoms with Crippen LogP contribution in [0.1, 0.15) is 86.1 Å². The summed E-state index contributed by atoms with van der Waals surface area (Å²) in [4.78, 5) is 58.3. The molecule has 0 spiro atoms. The van der Waals surface area contributed by atoms with Gasteiger partial charge in [-0.15, -0.1) is 0 Å². The standard InChI is InChI=1S/C39H66N4O7/c1-12-26(6)36(42(9)39(48)30(24(2)3)22-32(45)35(40-8)25(4)5)33(49-10)23-34(46)43-21-13-14-31(43)37(50-11)27(7)38(47)41-20-19-28-15-17-29(44)18-16-28/h15-18,24-27,30-31,33,35-37,40,44H,12-14,19-23H2,1-11H3,(H,41,47)/t26?,27-,30+,31+,33-,35+,36+,37-/m1/s1. The minimum absolute atomic E-state index is 0.0227. The fraction of sp³-hybridized carbons (Fsp3) is 0.744. The summed E-state index contributed by atoms with van der Waals surface area (Å²) in [5.41, 5.74) is 1.00. The number of phenols is 1. The lowest BCUT2D eigenvalue weighted by atomic mass is 9.84. The zero-order valence-electron chi connectivity index (χ0n) is 32.5. The number of carbonyl (C=O) groups is 4. The van der Waals surface area contributed by atoms with Gasteiger partial charge in [-0.25, -0.2) is 0 Å². The third kappa shape index (κ3) is 11.5. The van der Waals surface area contributed by atoms with E-state index in [9.17, 15) is 24.3 Å². The van der Waals surface area contributed by atoms with Crippen LogP contribution in [0.5, 0.6) is 5.75 Å². The van der Waals surface area contributed by atoms with Crippen molar-refractivity contribution >= 4 is 23.5 Å². The smallest absolute Gasteiger partial charge is 0.226 e. The van der Waals surface area contributed by atoms with E-state index in [2.05, 4.69) is 24.5 Å². The van der Waals surface area contributed by atoms with Gasteiger partial charge in [0.05, 0.1) is 42.7 Å². The molecular formula is C39H66N4O7. The number of likely N-dealkylation sites (N-methyl/N-ethyl adjacent to an activating group) is 2. The Morgan fingerprint density at radius 1 is 0.980 bits per heavy atom. The molecule has 2 rings (SSSR count). The molecule has 1 aliphatic heterocycles. The number of carbonyl (C=O) groups excluding carboxylic acids is 4. The zero-order chi connectivity index (χ0) is 37.7. The third-order valence-corrected chi connectivity index (χ3v) is 10.8. The molecule has 8 atom stereocenters. The van der Waals surface area contributed by atoms with Gasteiger partial charge in [-0.1, -0.05) is 67.0 Å². The summed E-state index contributed by atoms with van der Waals surface area (Å²) in [7, 11) is 6.71. The van der Waals surface area contributed by atoms with E-state index in [0.29, 0.717) is 25.9 Å². The van der Waals surface area contributed by atoms with Crippen LogP contribution in [-0.2, 0) is 35.1 Å². The van der Waals surface area contributed by atoms with Gasteiger partial charge in [0.15, 0.2) is 5.78 Å². The Labute approximate surface area is 301 Å². The van der Waals surface area contributed by atoms with Crippen molar-refractivity contribution in [3.8, 4) is 5.75 Å². The molecule has 3 amide bonds. The van der Waals surface area contributed by atoms with Gasteiger partial charge in [-0.05, 0) is 61.8 Å². The second kappa shape index (κ2) is 20.7. The maximum Gasteiger partial charge on any atom is 0.226 e. The maximum absolute atomic E-state index is 14.2. The minimum atomic E-state index is -0.571. The van der Waals surface area contributed by atoms with E-state index in [4.69, 9.17) is 9.47 Å². The highest BCUT2D eigenvalue weighted by atomic mass is 16.5. The predicted octanol–water partition coefficient (Wildman–Crippen LogP) is 4.45. The number of likely N-dealkylation sites (tertiary alicyclic amines) is 1. The van der Waals surface area contributed by atoms with Crippen molar-refractivity contribution in [2.45, 2.75) is 117 Å². The Hall–Kier alpha value is -3.02. The van der Waals surface area contributed by atoms with Crippen LogP contribution in [0, 0.1) is 29.6 Å². The largest absolute Gasteiger partial charge is 0.508 e. The van der Waals surface area contributed by atoms with Crippen molar-refractivity contribution in [3.05, 3.63) is 29.8 Å². The van der Waals surface area contributed by atoms with Crippen LogP contribution in [0.4, 0.5) is 0 Å². The van der Waals surface area contributed by atoms with Crippen LogP contribution >= 0.6 is 0 Å². The number of ketones is 1. The fourth-order valence-corrected chi connectivity index (χ4v) is 7.54. The number of hydrogen-bond donors (Lipinski definition) is 3. The number of aromatic hydroxyl groups is 1. The number of phenolic OH excluding ortho intramolecular Hbond substituents is 1. The van der Waals surface area contributed by atoms with E-state index in [1.54, 1.807) is 45.3 Å². The number of amides is 3. The van der Waals surface area contributed by atoms with Gasteiger partial charge in [0.2, 0.25) is 17.7 Å². The number of benzene rings is 1. The first-order valence-corrected chi connectivity index (χ1v) is 18.5. The van der Waals surface area contributed by atoms with E-state index in [-0.39, 0.29) is 78.0 Å². The fourth-order valence-electron chi connectivity index (χ4n) is 7.54. The van der Waals surface area contributed by atoms with Crippen LogP contribution in [0.25, 0.3) is 0 Å². The van der Waals surface area contributed by atoms with Crippen LogP contribution in [-0.4, -0.2) is 110 Å². The summed E-state index contributed by atoms with van der Waals surface area (Å²) in [6, 6.07) is 5.92. The lowest BCUT2D eigenvalue weighted by molar-refractivity contribution is -0.149. The number of rotatable bonds is 21. The predicted molar refractivity (Wildman–Crippen MR) is 197 cm³/mol. The van der Waals surface area contributed by atoms with Gasteiger partial charge in [-0.2, -0.15) is 0 Å². The molecule has 50 heavy (non-hydrogen) atoms. The van der Waals surface area contributed by atoms with Gasteiger partial charge >= 0.3 is 0 Å². The SMILES string of the molecule is CCC(C)[C@@H]([C@@H](CC(=O)N1CCC[C@H]1[C@H](OC)[C@@H](C)C(=O)NCCc1ccc(O)cc1)OC)N(C)C(=O)[C@@H](CC(=O)[C@@H](NC)C(C)C)C(C)C. The molecule has 284 valence electrons. The molecule has 3 N–H and O–H groups in total. The molecule has 0 aliphatic carbocycles. The monoisotopic (exact) mass is 702 g/mol. The third-order valence-electron chi connectivity index (χ3n) is 10.8. The van der Waals surface area contributed by atoms with Gasteiger partial charge < -0.3 is 35.0 Å². The van der Waals surface area contributed by atoms with Crippen molar-refractivity contribution in [3.63, 3.8) is 0 Å². The van der Waals surface area contributed by atoms with E-state index in [1.165, 1.54) is 0 Å². The topological polar surface area (TPSA) is 138 Å². The Morgan fingerprint density at radius 2 is 1.62 bits per heavy atom. The number of hydrogen-bond acceptors (Lipinski definition) is 8. The lowest BCUT2D eigenvalue weighted by Gasteiger charge is -2.41. The average Bonchev–Trinajstić information content (AvgIpc) is 3.57. The molecule has 1 heterocycles. The van der Waals surface area contributed by atoms with E-state index in [1.807, 2.05) is 51.7 Å². The highest BCUT2D eigenvalue weighted by Crippen LogP contribution is 2.30. The highest BCUT2D eigenvalue weighted by Gasteiger charge is 2.43. The molecule has 1 saturated heterocycles. The van der Waals surface area contributed by atoms with Crippen LogP contribution in [0.3, 0.4) is 0 Å². The summed E-state index contributed by atoms with van der Waals surface area (Å²) >= 11 is 0. The first kappa shape index (κ1) is 43.1. The summed E-state index contributed by atoms with van der Waals surface area (Å²) in [5, 5.41) is 15.6. The molecule has 0 saturated carbocycles. The second-order valence-electron chi connectivity index (χ2n) is 14.8. The average molecular weight is 703 g/mol. The molecule has 1 aromatic carbocycles. The minimum Gasteiger partial charge on any atom is -0.508 e. The Bertz CT molecular complexity index is 1220. The molecule has 1 unspecified atom stereocenters. The van der Waals surface area contributed by atoms with E-state index >= 15 is 0 Å². The van der Waals surface area contributed by atoms with Gasteiger partial charge in [0.25, 0.3) is 0 Å². The maximum atomic E-state index is 14.2. The van der Waals surface area contributed by atoms with Crippen molar-refractivity contribution < 1.29 is 33.8 Å². The van der Waals surface area contributed by atoms with Crippen molar-refractivity contribution in [1.82, 2.24) is 20.4 Å².